The molecule has 136 valence electrons. The predicted molar refractivity (Wildman–Crippen MR) is 97.2 cm³/mol. The number of thioether (sulfide) groups is 1. The first-order valence-electron chi connectivity index (χ1n) is 8.34. The standard InChI is InChI=1S/C18H19N3O4S/c1-11(9-19)26-18-20-15-8-12(17(23)24-2)5-6-14(15)16(22)21(18)10-13-4-3-7-25-13/h5-6,8,11,13H,3-4,7,10H2,1-2H3/t11-,13-/m0/s1. The van der Waals surface area contributed by atoms with Gasteiger partial charge in [-0.15, -0.1) is 0 Å². The second kappa shape index (κ2) is 7.89. The molecule has 0 N–H and O–H groups in total. The zero-order valence-electron chi connectivity index (χ0n) is 14.6. The van der Waals surface area contributed by atoms with Crippen LogP contribution in [0.25, 0.3) is 10.9 Å². The normalized spacial score (nSPS) is 17.8. The predicted octanol–water partition coefficient (Wildman–Crippen LogP) is 2.37. The van der Waals surface area contributed by atoms with Crippen molar-refractivity contribution in [1.82, 2.24) is 9.55 Å². The van der Waals surface area contributed by atoms with Gasteiger partial charge in [-0.3, -0.25) is 9.36 Å². The van der Waals surface area contributed by atoms with E-state index in [4.69, 9.17) is 14.7 Å². The minimum atomic E-state index is -0.489. The number of carbonyl (C=O) groups is 1. The first-order valence-corrected chi connectivity index (χ1v) is 9.22. The number of rotatable bonds is 5. The van der Waals surface area contributed by atoms with Crippen molar-refractivity contribution in [2.24, 2.45) is 0 Å². The Kier molecular flexibility index (Phi) is 5.59. The molecular weight excluding hydrogens is 354 g/mol. The highest BCUT2D eigenvalue weighted by molar-refractivity contribution is 8.00. The molecule has 2 aromatic rings. The van der Waals surface area contributed by atoms with Crippen LogP contribution in [-0.4, -0.2) is 40.6 Å². The van der Waals surface area contributed by atoms with Gasteiger partial charge in [0.1, 0.15) is 0 Å². The van der Waals surface area contributed by atoms with Gasteiger partial charge < -0.3 is 9.47 Å². The largest absolute Gasteiger partial charge is 0.465 e. The summed E-state index contributed by atoms with van der Waals surface area (Å²) in [6.45, 7) is 2.85. The number of nitrogens with zero attached hydrogens (tertiary/aromatic N) is 3. The van der Waals surface area contributed by atoms with Crippen molar-refractivity contribution >= 4 is 28.6 Å². The molecule has 0 bridgehead atoms. The molecule has 2 atom stereocenters. The first-order chi connectivity index (χ1) is 12.5. The minimum Gasteiger partial charge on any atom is -0.465 e. The highest BCUT2D eigenvalue weighted by atomic mass is 32.2. The van der Waals surface area contributed by atoms with E-state index in [1.165, 1.54) is 18.9 Å². The summed E-state index contributed by atoms with van der Waals surface area (Å²) in [4.78, 5) is 29.3. The quantitative estimate of drug-likeness (QED) is 0.451. The summed E-state index contributed by atoms with van der Waals surface area (Å²) in [5.74, 6) is -0.489. The number of carbonyl (C=O) groups excluding carboxylic acids is 1. The highest BCUT2D eigenvalue weighted by Gasteiger charge is 2.21. The van der Waals surface area contributed by atoms with Crippen molar-refractivity contribution < 1.29 is 14.3 Å². The van der Waals surface area contributed by atoms with Crippen LogP contribution < -0.4 is 5.56 Å². The lowest BCUT2D eigenvalue weighted by atomic mass is 10.1. The summed E-state index contributed by atoms with van der Waals surface area (Å²) in [5, 5.41) is 9.64. The highest BCUT2D eigenvalue weighted by Crippen LogP contribution is 2.24. The van der Waals surface area contributed by atoms with Crippen molar-refractivity contribution in [2.75, 3.05) is 13.7 Å². The zero-order chi connectivity index (χ0) is 18.7. The lowest BCUT2D eigenvalue weighted by Crippen LogP contribution is -2.29. The maximum Gasteiger partial charge on any atom is 0.337 e. The molecule has 1 aliphatic heterocycles. The number of esters is 1. The summed E-state index contributed by atoms with van der Waals surface area (Å²) < 4.78 is 12.0. The van der Waals surface area contributed by atoms with Gasteiger partial charge in [-0.2, -0.15) is 5.26 Å². The lowest BCUT2D eigenvalue weighted by molar-refractivity contribution is 0.0601. The average Bonchev–Trinajstić information content (AvgIpc) is 3.16. The third-order valence-corrected chi connectivity index (χ3v) is 5.20. The molecule has 0 unspecified atom stereocenters. The van der Waals surface area contributed by atoms with Crippen LogP contribution in [-0.2, 0) is 16.0 Å². The van der Waals surface area contributed by atoms with Gasteiger partial charge in [0.05, 0.1) is 47.5 Å². The van der Waals surface area contributed by atoms with Crippen LogP contribution in [0.2, 0.25) is 0 Å². The van der Waals surface area contributed by atoms with Crippen LogP contribution >= 0.6 is 11.8 Å². The van der Waals surface area contributed by atoms with Gasteiger partial charge in [-0.25, -0.2) is 9.78 Å². The van der Waals surface area contributed by atoms with Crippen molar-refractivity contribution in [3.8, 4) is 6.07 Å². The molecule has 0 radical (unpaired) electrons. The third-order valence-electron chi connectivity index (χ3n) is 4.22. The van der Waals surface area contributed by atoms with Gasteiger partial charge in [0.25, 0.3) is 5.56 Å². The second-order valence-corrected chi connectivity index (χ2v) is 7.37. The number of methoxy groups -OCH3 is 1. The summed E-state index contributed by atoms with van der Waals surface area (Å²) in [6.07, 6.45) is 1.84. The van der Waals surface area contributed by atoms with Gasteiger partial charge in [-0.05, 0) is 38.0 Å². The Balaban J connectivity index is 2.11. The zero-order valence-corrected chi connectivity index (χ0v) is 15.4. The van der Waals surface area contributed by atoms with Crippen molar-refractivity contribution in [3.63, 3.8) is 0 Å². The van der Waals surface area contributed by atoms with Crippen LogP contribution in [0.5, 0.6) is 0 Å². The number of benzene rings is 1. The number of hydrogen-bond donors (Lipinski definition) is 0. The van der Waals surface area contributed by atoms with Crippen LogP contribution in [0.4, 0.5) is 0 Å². The monoisotopic (exact) mass is 373 g/mol. The summed E-state index contributed by atoms with van der Waals surface area (Å²) in [6, 6.07) is 6.83. The van der Waals surface area contributed by atoms with Gasteiger partial charge in [0.15, 0.2) is 5.16 Å². The molecule has 1 saturated heterocycles. The van der Waals surface area contributed by atoms with E-state index < -0.39 is 5.97 Å². The molecule has 3 rings (SSSR count). The van der Waals surface area contributed by atoms with Crippen LogP contribution in [0.3, 0.4) is 0 Å². The van der Waals surface area contributed by atoms with Crippen LogP contribution in [0.15, 0.2) is 28.2 Å². The number of fused-ring (bicyclic) bond motifs is 1. The maximum atomic E-state index is 13.0. The average molecular weight is 373 g/mol. The summed E-state index contributed by atoms with van der Waals surface area (Å²) in [7, 11) is 1.30. The fourth-order valence-electron chi connectivity index (χ4n) is 2.87. The van der Waals surface area contributed by atoms with E-state index in [9.17, 15) is 9.59 Å². The molecular formula is C18H19N3O4S. The molecule has 1 fully saturated rings. The van der Waals surface area contributed by atoms with Gasteiger partial charge in [0.2, 0.25) is 0 Å². The topological polar surface area (TPSA) is 94.2 Å². The molecule has 1 aromatic carbocycles. The Bertz CT molecular complexity index is 928. The lowest BCUT2D eigenvalue weighted by Gasteiger charge is -2.17. The smallest absolute Gasteiger partial charge is 0.337 e. The van der Waals surface area contributed by atoms with Crippen molar-refractivity contribution in [1.29, 1.82) is 5.26 Å². The Labute approximate surface area is 154 Å². The second-order valence-electron chi connectivity index (χ2n) is 6.06. The fourth-order valence-corrected chi connectivity index (χ4v) is 3.68. The molecule has 1 aromatic heterocycles. The summed E-state index contributed by atoms with van der Waals surface area (Å²) in [5.41, 5.74) is 0.539. The minimum absolute atomic E-state index is 0.0296. The molecule has 0 aliphatic carbocycles. The number of hydrogen-bond acceptors (Lipinski definition) is 7. The van der Waals surface area contributed by atoms with Gasteiger partial charge in [0, 0.05) is 6.61 Å². The van der Waals surface area contributed by atoms with E-state index in [-0.39, 0.29) is 16.9 Å². The van der Waals surface area contributed by atoms with Gasteiger partial charge >= 0.3 is 5.97 Å². The number of aromatic nitrogens is 2. The van der Waals surface area contributed by atoms with E-state index >= 15 is 0 Å². The first kappa shape index (κ1) is 18.4. The molecule has 2 heterocycles. The van der Waals surface area contributed by atoms with E-state index in [2.05, 4.69) is 11.1 Å². The Morgan fingerprint density at radius 1 is 1.58 bits per heavy atom. The number of nitriles is 1. The molecule has 1 aliphatic rings. The van der Waals surface area contributed by atoms with Crippen molar-refractivity contribution in [3.05, 3.63) is 34.1 Å². The van der Waals surface area contributed by atoms with E-state index in [1.807, 2.05) is 0 Å². The van der Waals surface area contributed by atoms with E-state index in [0.29, 0.717) is 34.8 Å². The maximum absolute atomic E-state index is 13.0. The van der Waals surface area contributed by atoms with Gasteiger partial charge in [-0.1, -0.05) is 11.8 Å². The molecule has 0 saturated carbocycles. The third kappa shape index (κ3) is 3.74. The molecule has 0 amide bonds. The molecule has 8 heteroatoms. The van der Waals surface area contributed by atoms with Crippen LogP contribution in [0, 0.1) is 11.3 Å². The Hall–Kier alpha value is -2.37. The fraction of sp³-hybridized carbons (Fsp3) is 0.444. The Morgan fingerprint density at radius 2 is 2.38 bits per heavy atom. The van der Waals surface area contributed by atoms with E-state index in [1.54, 1.807) is 29.7 Å². The summed E-state index contributed by atoms with van der Waals surface area (Å²) >= 11 is 1.22. The van der Waals surface area contributed by atoms with Crippen LogP contribution in [0.1, 0.15) is 30.1 Å². The van der Waals surface area contributed by atoms with Crippen molar-refractivity contribution in [2.45, 2.75) is 42.8 Å². The van der Waals surface area contributed by atoms with E-state index in [0.717, 1.165) is 12.8 Å². The Morgan fingerprint density at radius 3 is 3.04 bits per heavy atom. The molecule has 7 nitrogen and oxygen atoms in total. The SMILES string of the molecule is COC(=O)c1ccc2c(=O)n(C[C@@H]3CCCO3)c(S[C@@H](C)C#N)nc2c1. The molecule has 26 heavy (non-hydrogen) atoms. The number of ether oxygens (including phenoxy) is 2. The molecule has 0 spiro atoms.